The van der Waals surface area contributed by atoms with Crippen LogP contribution in [0.4, 0.5) is 20.4 Å². The lowest BCUT2D eigenvalue weighted by molar-refractivity contribution is 0.0523. The number of rotatable bonds is 12. The maximum absolute atomic E-state index is 12.3. The van der Waals surface area contributed by atoms with Crippen molar-refractivity contribution in [3.63, 3.8) is 0 Å². The van der Waals surface area contributed by atoms with Crippen molar-refractivity contribution in [2.24, 2.45) is 0 Å². The van der Waals surface area contributed by atoms with E-state index in [9.17, 15) is 14.9 Å². The molecular weight excluding hydrogens is 604 g/mol. The van der Waals surface area contributed by atoms with Gasteiger partial charge in [0, 0.05) is 37.5 Å². The van der Waals surface area contributed by atoms with Gasteiger partial charge in [0.25, 0.3) is 0 Å². The Hall–Kier alpha value is -4.89. The van der Waals surface area contributed by atoms with Gasteiger partial charge >= 0.3 is 12.2 Å². The molecule has 0 unspecified atom stereocenters. The predicted octanol–water partition coefficient (Wildman–Crippen LogP) is 7.51. The minimum absolute atomic E-state index is 0.210. The van der Waals surface area contributed by atoms with Crippen LogP contribution >= 0.6 is 11.3 Å². The number of benzene rings is 2. The molecule has 2 N–H and O–H groups in total. The summed E-state index contributed by atoms with van der Waals surface area (Å²) in [5, 5.41) is 16.3. The highest BCUT2D eigenvalue weighted by molar-refractivity contribution is 7.22. The minimum Gasteiger partial charge on any atom is -0.493 e. The summed E-state index contributed by atoms with van der Waals surface area (Å²) in [7, 11) is 1.66. The third-order valence-corrected chi connectivity index (χ3v) is 7.54. The fraction of sp³-hybridized carbons (Fsp3) is 0.382. The van der Waals surface area contributed by atoms with E-state index in [1.165, 1.54) is 4.90 Å². The van der Waals surface area contributed by atoms with Gasteiger partial charge in [-0.05, 0) is 83.4 Å². The molecule has 2 heterocycles. The van der Waals surface area contributed by atoms with Crippen LogP contribution in [0.5, 0.6) is 5.75 Å². The topological polar surface area (TPSA) is 139 Å². The second-order valence-electron chi connectivity index (χ2n) is 11.9. The second-order valence-corrected chi connectivity index (χ2v) is 12.9. The number of pyridine rings is 1. The predicted molar refractivity (Wildman–Crippen MR) is 180 cm³/mol. The van der Waals surface area contributed by atoms with E-state index >= 15 is 0 Å². The Bertz CT molecular complexity index is 1710. The largest absolute Gasteiger partial charge is 0.493 e. The summed E-state index contributed by atoms with van der Waals surface area (Å²) in [6.07, 6.45) is 3.87. The van der Waals surface area contributed by atoms with Crippen molar-refractivity contribution >= 4 is 44.6 Å². The third-order valence-electron chi connectivity index (χ3n) is 6.57. The van der Waals surface area contributed by atoms with Gasteiger partial charge in [0.2, 0.25) is 0 Å². The van der Waals surface area contributed by atoms with Crippen LogP contribution in [0.3, 0.4) is 0 Å². The highest BCUT2D eigenvalue weighted by Gasteiger charge is 2.17. The molecule has 2 aromatic carbocycles. The number of anilines is 2. The quantitative estimate of drug-likeness (QED) is 0.150. The summed E-state index contributed by atoms with van der Waals surface area (Å²) >= 11 is 1.57. The summed E-state index contributed by atoms with van der Waals surface area (Å²) in [4.78, 5) is 34.9. The standard InChI is InChI=1S/C34H40N6O5S/c1-22(2)44-33(42)40(6)27-16-26(19-36-21-27)24-11-12-28-30(17-24)46-31(39-28)37-13-7-8-14-43-29-15-23(18-35)9-10-25(29)20-38-32(41)45-34(3,4)5/h9-12,15-17,19,21-22H,7-8,13-14,20H2,1-6H3,(H,37,39)(H,38,41). The summed E-state index contributed by atoms with van der Waals surface area (Å²) in [6.45, 7) is 10.4. The van der Waals surface area contributed by atoms with Crippen LogP contribution in [-0.4, -0.2) is 54.1 Å². The van der Waals surface area contributed by atoms with Crippen molar-refractivity contribution in [3.8, 4) is 22.9 Å². The Morgan fingerprint density at radius 3 is 2.61 bits per heavy atom. The number of carbonyl (C=O) groups excluding carboxylic acids is 2. The van der Waals surface area contributed by atoms with Gasteiger partial charge in [0.15, 0.2) is 5.13 Å². The molecule has 2 amide bonds. The number of nitrogens with one attached hydrogen (secondary N) is 2. The van der Waals surface area contributed by atoms with E-state index in [2.05, 4.69) is 27.8 Å². The van der Waals surface area contributed by atoms with Crippen LogP contribution in [0.1, 0.15) is 58.6 Å². The Kier molecular flexibility index (Phi) is 11.4. The average molecular weight is 645 g/mol. The number of hydrogen-bond acceptors (Lipinski definition) is 10. The van der Waals surface area contributed by atoms with E-state index in [0.717, 1.165) is 44.9 Å². The van der Waals surface area contributed by atoms with Gasteiger partial charge in [-0.1, -0.05) is 23.5 Å². The summed E-state index contributed by atoms with van der Waals surface area (Å²) < 4.78 is 17.6. The summed E-state index contributed by atoms with van der Waals surface area (Å²) in [5.74, 6) is 0.563. The van der Waals surface area contributed by atoms with E-state index in [4.69, 9.17) is 19.2 Å². The van der Waals surface area contributed by atoms with Gasteiger partial charge in [0.1, 0.15) is 11.4 Å². The Morgan fingerprint density at radius 2 is 1.87 bits per heavy atom. The number of aromatic nitrogens is 2. The number of amides is 2. The summed E-state index contributed by atoms with van der Waals surface area (Å²) in [5.41, 5.74) is 4.05. The van der Waals surface area contributed by atoms with Crippen molar-refractivity contribution in [1.29, 1.82) is 5.26 Å². The number of unbranched alkanes of at least 4 members (excludes halogenated alkanes) is 1. The molecule has 0 fully saturated rings. The Labute approximate surface area is 273 Å². The smallest absolute Gasteiger partial charge is 0.414 e. The fourth-order valence-corrected chi connectivity index (χ4v) is 5.26. The highest BCUT2D eigenvalue weighted by Crippen LogP contribution is 2.31. The second kappa shape index (κ2) is 15.4. The van der Waals surface area contributed by atoms with Crippen molar-refractivity contribution < 1.29 is 23.8 Å². The number of carbonyl (C=O) groups is 2. The lowest BCUT2D eigenvalue weighted by Gasteiger charge is -2.20. The molecule has 4 aromatic rings. The number of ether oxygens (including phenoxy) is 3. The van der Waals surface area contributed by atoms with Crippen LogP contribution in [0, 0.1) is 11.3 Å². The number of alkyl carbamates (subject to hydrolysis) is 1. The third kappa shape index (κ3) is 9.81. The van der Waals surface area contributed by atoms with E-state index in [1.54, 1.807) is 69.7 Å². The molecule has 11 nitrogen and oxygen atoms in total. The molecule has 0 saturated heterocycles. The first-order valence-electron chi connectivity index (χ1n) is 15.1. The van der Waals surface area contributed by atoms with Gasteiger partial charge in [-0.3, -0.25) is 9.88 Å². The molecule has 242 valence electrons. The molecule has 12 heteroatoms. The van der Waals surface area contributed by atoms with Crippen LogP contribution in [-0.2, 0) is 16.0 Å². The molecular formula is C34H40N6O5S. The van der Waals surface area contributed by atoms with Gasteiger partial charge in [-0.2, -0.15) is 5.26 Å². The molecule has 0 radical (unpaired) electrons. The molecule has 46 heavy (non-hydrogen) atoms. The minimum atomic E-state index is -0.592. The maximum Gasteiger partial charge on any atom is 0.414 e. The molecule has 4 rings (SSSR count). The van der Waals surface area contributed by atoms with Gasteiger partial charge in [-0.15, -0.1) is 0 Å². The van der Waals surface area contributed by atoms with Crippen molar-refractivity contribution in [2.45, 2.75) is 65.7 Å². The Morgan fingerprint density at radius 1 is 1.07 bits per heavy atom. The molecule has 0 aliphatic carbocycles. The molecule has 0 spiro atoms. The van der Waals surface area contributed by atoms with E-state index in [-0.39, 0.29) is 12.6 Å². The molecule has 0 saturated carbocycles. The molecule has 0 aliphatic rings. The summed E-state index contributed by atoms with van der Waals surface area (Å²) in [6, 6.07) is 15.3. The first kappa shape index (κ1) is 34.0. The molecule has 0 atom stereocenters. The SMILES string of the molecule is CC(C)OC(=O)N(C)c1cncc(-c2ccc3nc(NCCCCOc4cc(C#N)ccc4CNC(=O)OC(C)(C)C)sc3c2)c1. The lowest BCUT2D eigenvalue weighted by Crippen LogP contribution is -2.32. The first-order valence-corrected chi connectivity index (χ1v) is 15.9. The molecule has 2 aromatic heterocycles. The van der Waals surface area contributed by atoms with Crippen molar-refractivity contribution in [3.05, 3.63) is 66.0 Å². The maximum atomic E-state index is 12.3. The van der Waals surface area contributed by atoms with E-state index in [1.807, 2.05) is 32.0 Å². The average Bonchev–Trinajstić information content (AvgIpc) is 3.42. The normalized spacial score (nSPS) is 11.2. The van der Waals surface area contributed by atoms with E-state index < -0.39 is 17.8 Å². The molecule has 0 bridgehead atoms. The van der Waals surface area contributed by atoms with Crippen LogP contribution in [0.2, 0.25) is 0 Å². The zero-order valence-corrected chi connectivity index (χ0v) is 27.9. The number of nitriles is 1. The Balaban J connectivity index is 1.29. The number of hydrogen-bond donors (Lipinski definition) is 2. The van der Waals surface area contributed by atoms with Crippen molar-refractivity contribution in [1.82, 2.24) is 15.3 Å². The van der Waals surface area contributed by atoms with Gasteiger partial charge in [-0.25, -0.2) is 14.6 Å². The number of thiazole rings is 1. The fourth-order valence-electron chi connectivity index (χ4n) is 4.33. The number of fused-ring (bicyclic) bond motifs is 1. The lowest BCUT2D eigenvalue weighted by atomic mass is 10.1. The highest BCUT2D eigenvalue weighted by atomic mass is 32.1. The van der Waals surface area contributed by atoms with Crippen LogP contribution in [0.25, 0.3) is 21.3 Å². The van der Waals surface area contributed by atoms with Crippen LogP contribution < -0.4 is 20.3 Å². The van der Waals surface area contributed by atoms with Gasteiger partial charge in [0.05, 0.1) is 46.4 Å². The van der Waals surface area contributed by atoms with Crippen molar-refractivity contribution in [2.75, 3.05) is 30.4 Å². The zero-order valence-electron chi connectivity index (χ0n) is 27.0. The monoisotopic (exact) mass is 644 g/mol. The first-order chi connectivity index (χ1) is 21.9. The van der Waals surface area contributed by atoms with Crippen LogP contribution in [0.15, 0.2) is 54.9 Å². The number of nitrogens with zero attached hydrogens (tertiary/aromatic N) is 4. The van der Waals surface area contributed by atoms with Gasteiger partial charge < -0.3 is 24.8 Å². The van der Waals surface area contributed by atoms with E-state index in [0.29, 0.717) is 30.2 Å². The zero-order chi connectivity index (χ0) is 33.3. The molecule has 0 aliphatic heterocycles.